The van der Waals surface area contributed by atoms with Gasteiger partial charge in [-0.3, -0.25) is 4.79 Å². The predicted octanol–water partition coefficient (Wildman–Crippen LogP) is 4.88. The van der Waals surface area contributed by atoms with Crippen LogP contribution in [-0.2, 0) is 11.2 Å². The van der Waals surface area contributed by atoms with Gasteiger partial charge in [0.1, 0.15) is 11.9 Å². The summed E-state index contributed by atoms with van der Waals surface area (Å²) in [7, 11) is 0. The maximum atomic E-state index is 12.7. The molecule has 1 aliphatic rings. The molecule has 158 valence electrons. The zero-order valence-electron chi connectivity index (χ0n) is 17.5. The van der Waals surface area contributed by atoms with E-state index in [0.29, 0.717) is 10.7 Å². The van der Waals surface area contributed by atoms with E-state index < -0.39 is 0 Å². The van der Waals surface area contributed by atoms with Crippen molar-refractivity contribution in [3.8, 4) is 17.3 Å². The molecule has 0 radical (unpaired) electrons. The van der Waals surface area contributed by atoms with Gasteiger partial charge in [0.05, 0.1) is 11.3 Å². The Labute approximate surface area is 186 Å². The van der Waals surface area contributed by atoms with E-state index >= 15 is 0 Å². The first-order valence-corrected chi connectivity index (χ1v) is 11.5. The minimum Gasteiger partial charge on any atom is -0.357 e. The Hall–Kier alpha value is -3.24. The predicted molar refractivity (Wildman–Crippen MR) is 124 cm³/mol. The van der Waals surface area contributed by atoms with Crippen molar-refractivity contribution in [2.75, 3.05) is 23.3 Å². The van der Waals surface area contributed by atoms with E-state index in [0.717, 1.165) is 55.8 Å². The fourth-order valence-electron chi connectivity index (χ4n) is 3.81. The SMILES string of the molecule is CCCc1ccc(-c2csc(NC(=O)C3CCN(c4ccc(C#N)cn4)CC3)n2)cc1. The standard InChI is InChI=1S/C24H25N5OS/c1-2-3-17-4-7-19(8-5-17)21-16-31-24(27-21)28-23(30)20-10-12-29(13-11-20)22-9-6-18(14-25)15-26-22/h4-9,15-16,20H,2-3,10-13H2,1H3,(H,27,28,30). The van der Waals surface area contributed by atoms with Crippen molar-refractivity contribution in [3.05, 3.63) is 59.1 Å². The number of hydrogen-bond acceptors (Lipinski definition) is 6. The molecule has 3 heterocycles. The largest absolute Gasteiger partial charge is 0.357 e. The summed E-state index contributed by atoms with van der Waals surface area (Å²) in [6.07, 6.45) is 5.34. The molecule has 31 heavy (non-hydrogen) atoms. The van der Waals surface area contributed by atoms with Gasteiger partial charge in [0, 0.05) is 36.1 Å². The van der Waals surface area contributed by atoms with Crippen LogP contribution in [0.1, 0.15) is 37.3 Å². The molecule has 1 amide bonds. The van der Waals surface area contributed by atoms with Gasteiger partial charge < -0.3 is 10.2 Å². The van der Waals surface area contributed by atoms with Crippen LogP contribution in [0.25, 0.3) is 11.3 Å². The second-order valence-electron chi connectivity index (χ2n) is 7.75. The van der Waals surface area contributed by atoms with Crippen molar-refractivity contribution in [2.24, 2.45) is 5.92 Å². The lowest BCUT2D eigenvalue weighted by Gasteiger charge is -2.31. The summed E-state index contributed by atoms with van der Waals surface area (Å²) >= 11 is 1.46. The van der Waals surface area contributed by atoms with Gasteiger partial charge in [-0.1, -0.05) is 37.6 Å². The number of carbonyl (C=O) groups is 1. The molecule has 1 saturated heterocycles. The molecule has 6 nitrogen and oxygen atoms in total. The quantitative estimate of drug-likeness (QED) is 0.601. The Morgan fingerprint density at radius 2 is 2.00 bits per heavy atom. The Kier molecular flexibility index (Phi) is 6.58. The highest BCUT2D eigenvalue weighted by atomic mass is 32.1. The number of aromatic nitrogens is 2. The van der Waals surface area contributed by atoms with Gasteiger partial charge in [-0.05, 0) is 37.0 Å². The van der Waals surface area contributed by atoms with E-state index in [1.54, 1.807) is 12.3 Å². The number of anilines is 2. The highest BCUT2D eigenvalue weighted by Gasteiger charge is 2.26. The monoisotopic (exact) mass is 431 g/mol. The summed E-state index contributed by atoms with van der Waals surface area (Å²) in [4.78, 5) is 23.9. The van der Waals surface area contributed by atoms with E-state index in [1.807, 2.05) is 11.4 Å². The van der Waals surface area contributed by atoms with Gasteiger partial charge in [0.15, 0.2) is 5.13 Å². The first kappa shape index (κ1) is 21.0. The van der Waals surface area contributed by atoms with E-state index in [2.05, 4.69) is 57.4 Å². The highest BCUT2D eigenvalue weighted by Crippen LogP contribution is 2.27. The number of nitrogens with one attached hydrogen (secondary N) is 1. The van der Waals surface area contributed by atoms with Crippen LogP contribution in [0, 0.1) is 17.2 Å². The molecule has 7 heteroatoms. The minimum atomic E-state index is -0.0321. The topological polar surface area (TPSA) is 81.9 Å². The molecule has 0 aliphatic carbocycles. The molecule has 2 aromatic heterocycles. The number of benzene rings is 1. The van der Waals surface area contributed by atoms with Crippen LogP contribution in [0.2, 0.25) is 0 Å². The van der Waals surface area contributed by atoms with Crippen LogP contribution in [0.3, 0.4) is 0 Å². The third-order valence-corrected chi connectivity index (χ3v) is 6.35. The van der Waals surface area contributed by atoms with Crippen molar-refractivity contribution in [1.29, 1.82) is 5.26 Å². The summed E-state index contributed by atoms with van der Waals surface area (Å²) in [6, 6.07) is 14.2. The molecule has 1 aliphatic heterocycles. The number of hydrogen-bond donors (Lipinski definition) is 1. The number of nitrogens with zero attached hydrogens (tertiary/aromatic N) is 4. The average Bonchev–Trinajstić information content (AvgIpc) is 3.28. The number of rotatable bonds is 6. The molecule has 1 N–H and O–H groups in total. The number of piperidine rings is 1. The molecule has 0 bridgehead atoms. The molecule has 0 saturated carbocycles. The third kappa shape index (κ3) is 5.09. The number of nitriles is 1. The molecular formula is C24H25N5OS. The van der Waals surface area contributed by atoms with Gasteiger partial charge in [-0.2, -0.15) is 5.26 Å². The zero-order valence-corrected chi connectivity index (χ0v) is 18.4. The van der Waals surface area contributed by atoms with Crippen molar-refractivity contribution < 1.29 is 4.79 Å². The zero-order chi connectivity index (χ0) is 21.6. The molecule has 1 fully saturated rings. The maximum absolute atomic E-state index is 12.7. The van der Waals surface area contributed by atoms with Crippen LogP contribution in [0.5, 0.6) is 0 Å². The molecule has 3 aromatic rings. The summed E-state index contributed by atoms with van der Waals surface area (Å²) in [5.74, 6) is 0.856. The molecule has 0 unspecified atom stereocenters. The third-order valence-electron chi connectivity index (χ3n) is 5.59. The Balaban J connectivity index is 1.31. The van der Waals surface area contributed by atoms with E-state index in [4.69, 9.17) is 5.26 Å². The lowest BCUT2D eigenvalue weighted by Crippen LogP contribution is -2.38. The number of aryl methyl sites for hydroxylation is 1. The van der Waals surface area contributed by atoms with Gasteiger partial charge in [-0.15, -0.1) is 11.3 Å². The normalized spacial score (nSPS) is 14.3. The Bertz CT molecular complexity index is 1060. The number of pyridine rings is 1. The first-order valence-electron chi connectivity index (χ1n) is 10.6. The smallest absolute Gasteiger partial charge is 0.229 e. The Morgan fingerprint density at radius 3 is 2.65 bits per heavy atom. The molecule has 1 aromatic carbocycles. The van der Waals surface area contributed by atoms with Gasteiger partial charge in [0.25, 0.3) is 0 Å². The molecule has 0 atom stereocenters. The highest BCUT2D eigenvalue weighted by molar-refractivity contribution is 7.14. The number of thiazole rings is 1. The molecule has 4 rings (SSSR count). The van der Waals surface area contributed by atoms with E-state index in [9.17, 15) is 4.79 Å². The van der Waals surface area contributed by atoms with Crippen LogP contribution in [0.4, 0.5) is 10.9 Å². The number of amides is 1. The molecular weight excluding hydrogens is 406 g/mol. The minimum absolute atomic E-state index is 0.0321. The average molecular weight is 432 g/mol. The van der Waals surface area contributed by atoms with Gasteiger partial charge in [0.2, 0.25) is 5.91 Å². The van der Waals surface area contributed by atoms with Crippen molar-refractivity contribution in [2.45, 2.75) is 32.6 Å². The van der Waals surface area contributed by atoms with Crippen molar-refractivity contribution in [3.63, 3.8) is 0 Å². The molecule has 0 spiro atoms. The fourth-order valence-corrected chi connectivity index (χ4v) is 4.53. The summed E-state index contributed by atoms with van der Waals surface area (Å²) in [6.45, 7) is 3.71. The second kappa shape index (κ2) is 9.71. The fraction of sp³-hybridized carbons (Fsp3) is 0.333. The van der Waals surface area contributed by atoms with Gasteiger partial charge in [-0.25, -0.2) is 9.97 Å². The summed E-state index contributed by atoms with van der Waals surface area (Å²) in [5.41, 5.74) is 3.85. The van der Waals surface area contributed by atoms with E-state index in [1.165, 1.54) is 16.9 Å². The lowest BCUT2D eigenvalue weighted by atomic mass is 9.96. The Morgan fingerprint density at radius 1 is 1.23 bits per heavy atom. The van der Waals surface area contributed by atoms with Crippen molar-refractivity contribution >= 4 is 28.2 Å². The van der Waals surface area contributed by atoms with E-state index in [-0.39, 0.29) is 11.8 Å². The van der Waals surface area contributed by atoms with Crippen LogP contribution in [-0.4, -0.2) is 29.0 Å². The summed E-state index contributed by atoms with van der Waals surface area (Å²) in [5, 5.41) is 14.5. The first-order chi connectivity index (χ1) is 15.2. The van der Waals surface area contributed by atoms with Crippen molar-refractivity contribution in [1.82, 2.24) is 9.97 Å². The summed E-state index contributed by atoms with van der Waals surface area (Å²) < 4.78 is 0. The number of carbonyl (C=O) groups excluding carboxylic acids is 1. The van der Waals surface area contributed by atoms with Crippen LogP contribution in [0.15, 0.2) is 48.0 Å². The van der Waals surface area contributed by atoms with Crippen LogP contribution >= 0.6 is 11.3 Å². The second-order valence-corrected chi connectivity index (χ2v) is 8.61. The van der Waals surface area contributed by atoms with Gasteiger partial charge >= 0.3 is 0 Å². The maximum Gasteiger partial charge on any atom is 0.229 e. The van der Waals surface area contributed by atoms with Crippen LogP contribution < -0.4 is 10.2 Å². The lowest BCUT2D eigenvalue weighted by molar-refractivity contribution is -0.120.